The van der Waals surface area contributed by atoms with Gasteiger partial charge >= 0.3 is 0 Å². The summed E-state index contributed by atoms with van der Waals surface area (Å²) < 4.78 is 45.9. The zero-order chi connectivity index (χ0) is 21.6. The zero-order valence-electron chi connectivity index (χ0n) is 17.0. The average Bonchev–Trinajstić information content (AvgIpc) is 2.73. The Balaban J connectivity index is 1.42. The Hall–Kier alpha value is -2.45. The number of halogens is 1. The molecule has 6 nitrogen and oxygen atoms in total. The summed E-state index contributed by atoms with van der Waals surface area (Å²) in [4.78, 5) is 12.4. The molecule has 0 bridgehead atoms. The Kier molecular flexibility index (Phi) is 7.44. The normalized spacial score (nSPS) is 15.7. The lowest BCUT2D eigenvalue weighted by atomic mass is 9.97. The van der Waals surface area contributed by atoms with Gasteiger partial charge in [0, 0.05) is 24.6 Å². The van der Waals surface area contributed by atoms with Crippen LogP contribution in [-0.4, -0.2) is 44.9 Å². The highest BCUT2D eigenvalue weighted by Gasteiger charge is 2.31. The number of amides is 1. The van der Waals surface area contributed by atoms with Crippen molar-refractivity contribution in [2.45, 2.75) is 25.5 Å². The second kappa shape index (κ2) is 10.0. The molecule has 0 saturated carbocycles. The van der Waals surface area contributed by atoms with Crippen LogP contribution in [0.2, 0.25) is 0 Å². The van der Waals surface area contributed by atoms with E-state index in [-0.39, 0.29) is 36.2 Å². The second-order valence-corrected chi connectivity index (χ2v) is 9.45. The van der Waals surface area contributed by atoms with E-state index in [0.717, 1.165) is 11.3 Å². The van der Waals surface area contributed by atoms with E-state index in [2.05, 4.69) is 5.32 Å². The van der Waals surface area contributed by atoms with Crippen LogP contribution in [0, 0.1) is 18.7 Å². The van der Waals surface area contributed by atoms with Crippen LogP contribution in [0.5, 0.6) is 5.75 Å². The summed E-state index contributed by atoms with van der Waals surface area (Å²) in [7, 11) is -3.62. The quantitative estimate of drug-likeness (QED) is 0.649. The molecule has 1 N–H and O–H groups in total. The molecule has 2 aromatic rings. The van der Waals surface area contributed by atoms with E-state index in [9.17, 15) is 17.6 Å². The van der Waals surface area contributed by atoms with E-state index in [0.29, 0.717) is 26.0 Å². The SMILES string of the molecule is Cc1cccc(OCCNC(=O)C2CCN(S(=O)(=O)Cc3ccccc3F)CC2)c1. The molecule has 0 aliphatic carbocycles. The number of hydrogen-bond acceptors (Lipinski definition) is 4. The van der Waals surface area contributed by atoms with Crippen LogP contribution in [0.4, 0.5) is 4.39 Å². The molecule has 3 rings (SSSR count). The smallest absolute Gasteiger partial charge is 0.223 e. The van der Waals surface area contributed by atoms with Gasteiger partial charge in [-0.15, -0.1) is 0 Å². The van der Waals surface area contributed by atoms with Gasteiger partial charge in [-0.3, -0.25) is 4.79 Å². The Labute approximate surface area is 177 Å². The van der Waals surface area contributed by atoms with Crippen molar-refractivity contribution in [2.24, 2.45) is 5.92 Å². The molecule has 1 saturated heterocycles. The molecular weight excluding hydrogens is 407 g/mol. The number of sulfonamides is 1. The highest BCUT2D eigenvalue weighted by atomic mass is 32.2. The van der Waals surface area contributed by atoms with Crippen molar-refractivity contribution in [3.05, 3.63) is 65.5 Å². The Morgan fingerprint density at radius 3 is 2.60 bits per heavy atom. The Morgan fingerprint density at radius 2 is 1.90 bits per heavy atom. The minimum absolute atomic E-state index is 0.0889. The van der Waals surface area contributed by atoms with Gasteiger partial charge < -0.3 is 10.1 Å². The maximum atomic E-state index is 13.8. The predicted molar refractivity (Wildman–Crippen MR) is 113 cm³/mol. The van der Waals surface area contributed by atoms with Crippen LogP contribution in [0.3, 0.4) is 0 Å². The van der Waals surface area contributed by atoms with Gasteiger partial charge in [0.25, 0.3) is 0 Å². The number of aryl methyl sites for hydroxylation is 1. The molecule has 2 aromatic carbocycles. The fourth-order valence-electron chi connectivity index (χ4n) is 3.49. The number of benzene rings is 2. The summed E-state index contributed by atoms with van der Waals surface area (Å²) in [5.41, 5.74) is 1.26. The molecule has 0 radical (unpaired) electrons. The highest BCUT2D eigenvalue weighted by molar-refractivity contribution is 7.88. The topological polar surface area (TPSA) is 75.7 Å². The first-order chi connectivity index (χ1) is 14.3. The lowest BCUT2D eigenvalue weighted by Crippen LogP contribution is -2.44. The van der Waals surface area contributed by atoms with Gasteiger partial charge in [0.15, 0.2) is 0 Å². The monoisotopic (exact) mass is 434 g/mol. The minimum Gasteiger partial charge on any atom is -0.492 e. The van der Waals surface area contributed by atoms with Crippen LogP contribution >= 0.6 is 0 Å². The highest BCUT2D eigenvalue weighted by Crippen LogP contribution is 2.22. The van der Waals surface area contributed by atoms with Gasteiger partial charge in [-0.25, -0.2) is 17.1 Å². The third-order valence-corrected chi connectivity index (χ3v) is 7.00. The van der Waals surface area contributed by atoms with E-state index >= 15 is 0 Å². The van der Waals surface area contributed by atoms with E-state index in [1.807, 2.05) is 31.2 Å². The Bertz CT molecular complexity index is 973. The molecule has 162 valence electrons. The molecule has 0 spiro atoms. The van der Waals surface area contributed by atoms with Crippen molar-refractivity contribution >= 4 is 15.9 Å². The van der Waals surface area contributed by atoms with Crippen molar-refractivity contribution in [3.63, 3.8) is 0 Å². The number of carbonyl (C=O) groups is 1. The maximum Gasteiger partial charge on any atom is 0.223 e. The molecule has 1 aliphatic rings. The van der Waals surface area contributed by atoms with Crippen molar-refractivity contribution < 1.29 is 22.3 Å². The third kappa shape index (κ3) is 6.03. The summed E-state index contributed by atoms with van der Waals surface area (Å²) in [6.07, 6.45) is 0.891. The zero-order valence-corrected chi connectivity index (χ0v) is 17.8. The van der Waals surface area contributed by atoms with E-state index < -0.39 is 15.8 Å². The summed E-state index contributed by atoms with van der Waals surface area (Å²) in [6.45, 7) is 3.25. The van der Waals surface area contributed by atoms with Gasteiger partial charge in [0.1, 0.15) is 18.2 Å². The van der Waals surface area contributed by atoms with E-state index in [1.165, 1.54) is 22.5 Å². The molecule has 8 heteroatoms. The first-order valence-corrected chi connectivity index (χ1v) is 11.6. The Morgan fingerprint density at radius 1 is 1.17 bits per heavy atom. The molecule has 30 heavy (non-hydrogen) atoms. The van der Waals surface area contributed by atoms with Crippen LogP contribution in [0.25, 0.3) is 0 Å². The van der Waals surface area contributed by atoms with Crippen molar-refractivity contribution in [1.82, 2.24) is 9.62 Å². The molecule has 1 fully saturated rings. The number of nitrogens with zero attached hydrogens (tertiary/aromatic N) is 1. The van der Waals surface area contributed by atoms with Crippen LogP contribution < -0.4 is 10.1 Å². The average molecular weight is 435 g/mol. The number of piperidine rings is 1. The summed E-state index contributed by atoms with van der Waals surface area (Å²) in [6, 6.07) is 13.6. The fourth-order valence-corrected chi connectivity index (χ4v) is 5.07. The molecule has 0 aromatic heterocycles. The largest absolute Gasteiger partial charge is 0.492 e. The van der Waals surface area contributed by atoms with Crippen molar-refractivity contribution in [3.8, 4) is 5.75 Å². The number of nitrogens with one attached hydrogen (secondary N) is 1. The number of ether oxygens (including phenoxy) is 1. The molecule has 0 unspecified atom stereocenters. The molecule has 0 atom stereocenters. The standard InChI is InChI=1S/C22H27FN2O4S/c1-17-5-4-7-20(15-17)29-14-11-24-22(26)18-9-12-25(13-10-18)30(27,28)16-19-6-2-3-8-21(19)23/h2-8,15,18H,9-14,16H2,1H3,(H,24,26). The first kappa shape index (κ1) is 22.2. The van der Waals surface area contributed by atoms with Crippen LogP contribution in [0.15, 0.2) is 48.5 Å². The lowest BCUT2D eigenvalue weighted by molar-refractivity contribution is -0.126. The molecule has 1 aliphatic heterocycles. The number of hydrogen-bond donors (Lipinski definition) is 1. The van der Waals surface area contributed by atoms with Crippen molar-refractivity contribution in [2.75, 3.05) is 26.2 Å². The molecule has 1 amide bonds. The minimum atomic E-state index is -3.62. The van der Waals surface area contributed by atoms with Gasteiger partial charge in [0.2, 0.25) is 15.9 Å². The predicted octanol–water partition coefficient (Wildman–Crippen LogP) is 2.87. The van der Waals surface area contributed by atoms with E-state index in [1.54, 1.807) is 6.07 Å². The molecule has 1 heterocycles. The van der Waals surface area contributed by atoms with Gasteiger partial charge in [-0.1, -0.05) is 30.3 Å². The van der Waals surface area contributed by atoms with Gasteiger partial charge in [-0.2, -0.15) is 0 Å². The van der Waals surface area contributed by atoms with Gasteiger partial charge in [0.05, 0.1) is 12.3 Å². The number of carbonyl (C=O) groups excluding carboxylic acids is 1. The summed E-state index contributed by atoms with van der Waals surface area (Å²) >= 11 is 0. The third-order valence-electron chi connectivity index (χ3n) is 5.17. The summed E-state index contributed by atoms with van der Waals surface area (Å²) in [5, 5.41) is 2.86. The van der Waals surface area contributed by atoms with Crippen molar-refractivity contribution in [1.29, 1.82) is 0 Å². The molecular formula is C22H27FN2O4S. The van der Waals surface area contributed by atoms with Crippen LogP contribution in [0.1, 0.15) is 24.0 Å². The van der Waals surface area contributed by atoms with Crippen LogP contribution in [-0.2, 0) is 20.6 Å². The lowest BCUT2D eigenvalue weighted by Gasteiger charge is -2.30. The maximum absolute atomic E-state index is 13.8. The van der Waals surface area contributed by atoms with Gasteiger partial charge in [-0.05, 0) is 43.5 Å². The number of rotatable bonds is 8. The first-order valence-electron chi connectivity index (χ1n) is 10.0. The summed E-state index contributed by atoms with van der Waals surface area (Å²) in [5.74, 6) is -0.453. The second-order valence-electron chi connectivity index (χ2n) is 7.48. The fraction of sp³-hybridized carbons (Fsp3) is 0.409. The van der Waals surface area contributed by atoms with E-state index in [4.69, 9.17) is 4.74 Å².